The molecule has 4 aliphatic heterocycles. The second-order valence-corrected chi connectivity index (χ2v) is 11.3. The van der Waals surface area contributed by atoms with E-state index in [9.17, 15) is 34.2 Å². The maximum atomic E-state index is 12.3. The molecule has 6 rings (SSSR count). The first kappa shape index (κ1) is 26.0. The second kappa shape index (κ2) is 9.28. The van der Waals surface area contributed by atoms with Gasteiger partial charge in [-0.1, -0.05) is 0 Å². The number of ether oxygens (including phenoxy) is 3. The van der Waals surface area contributed by atoms with Crippen molar-refractivity contribution >= 4 is 26.8 Å². The average Bonchev–Trinajstić information content (AvgIpc) is 3.45. The molecule has 6 heterocycles. The molecular weight excluding hydrogens is 532 g/mol. The number of aliphatic hydroxyl groups excluding tert-OH is 3. The number of aromatic nitrogens is 4. The zero-order chi connectivity index (χ0) is 26.0. The van der Waals surface area contributed by atoms with E-state index in [1.807, 2.05) is 0 Å². The van der Waals surface area contributed by atoms with Crippen molar-refractivity contribution in [1.29, 1.82) is 5.41 Å². The summed E-state index contributed by atoms with van der Waals surface area (Å²) in [6.07, 6.45) is -8.33. The zero-order valence-corrected chi connectivity index (χ0v) is 20.2. The Morgan fingerprint density at radius 3 is 2.17 bits per heavy atom. The summed E-state index contributed by atoms with van der Waals surface area (Å²) in [5, 5.41) is 40.0. The van der Waals surface area contributed by atoms with Crippen molar-refractivity contribution in [3.05, 3.63) is 18.1 Å². The molecule has 0 spiro atoms. The average molecular weight is 555 g/mol. The highest BCUT2D eigenvalue weighted by atomic mass is 31.3. The van der Waals surface area contributed by atoms with Crippen LogP contribution in [0.1, 0.15) is 12.5 Å². The highest BCUT2D eigenvalue weighted by molar-refractivity contribution is 7.61. The van der Waals surface area contributed by atoms with Crippen LogP contribution in [0.2, 0.25) is 0 Å². The van der Waals surface area contributed by atoms with Gasteiger partial charge in [0.1, 0.15) is 43.0 Å². The summed E-state index contributed by atoms with van der Waals surface area (Å²) in [4.78, 5) is 28.2. The van der Waals surface area contributed by atoms with Crippen LogP contribution in [0.5, 0.6) is 0 Å². The maximum Gasteiger partial charge on any atom is 0.481 e. The molecule has 6 N–H and O–H groups in total. The normalized spacial score (nSPS) is 43.7. The molecule has 0 aromatic carbocycles. The lowest BCUT2D eigenvalue weighted by atomic mass is 10.1. The number of methoxy groups -OCH3 is 1. The van der Waals surface area contributed by atoms with Crippen LogP contribution in [0, 0.1) is 5.41 Å². The number of nitrogens with zero attached hydrogens (tertiary/aromatic N) is 4. The topological polar surface area (TPSA) is 250 Å². The minimum absolute atomic E-state index is 0.0457. The molecule has 2 aromatic heterocycles. The van der Waals surface area contributed by atoms with Crippen molar-refractivity contribution in [1.82, 2.24) is 19.1 Å². The first-order valence-corrected chi connectivity index (χ1v) is 13.4. The predicted octanol–water partition coefficient (Wildman–Crippen LogP) is -2.13. The van der Waals surface area contributed by atoms with Gasteiger partial charge in [-0.05, 0) is 0 Å². The van der Waals surface area contributed by atoms with Crippen LogP contribution in [0.4, 0.5) is 0 Å². The van der Waals surface area contributed by atoms with Crippen molar-refractivity contribution in [3.63, 3.8) is 0 Å². The Kier molecular flexibility index (Phi) is 6.70. The van der Waals surface area contributed by atoms with E-state index < -0.39 is 77.9 Å². The Labute approximate surface area is 201 Å². The molecule has 36 heavy (non-hydrogen) atoms. The maximum absolute atomic E-state index is 12.3. The summed E-state index contributed by atoms with van der Waals surface area (Å²) < 4.78 is 57.2. The lowest BCUT2D eigenvalue weighted by Crippen LogP contribution is -2.36. The highest BCUT2D eigenvalue weighted by Gasteiger charge is 2.49. The smallest absolute Gasteiger partial charge is 0.387 e. The van der Waals surface area contributed by atoms with Gasteiger partial charge in [-0.25, -0.2) is 19.1 Å². The zero-order valence-electron chi connectivity index (χ0n) is 18.4. The first-order chi connectivity index (χ1) is 16.9. The monoisotopic (exact) mass is 555 g/mol. The fourth-order valence-electron chi connectivity index (χ4n) is 4.27. The van der Waals surface area contributed by atoms with Gasteiger partial charge in [0.25, 0.3) is 0 Å². The summed E-state index contributed by atoms with van der Waals surface area (Å²) in [7, 11) is -9.17. The third-order valence-electron chi connectivity index (χ3n) is 6.04. The minimum Gasteiger partial charge on any atom is -0.387 e. The van der Waals surface area contributed by atoms with E-state index in [1.54, 1.807) is 0 Å². The molecule has 0 radical (unpaired) electrons. The van der Waals surface area contributed by atoms with Crippen molar-refractivity contribution < 1.29 is 61.8 Å². The van der Waals surface area contributed by atoms with Crippen molar-refractivity contribution in [3.8, 4) is 0 Å². The largest absolute Gasteiger partial charge is 0.481 e. The van der Waals surface area contributed by atoms with Crippen LogP contribution in [-0.4, -0.2) is 101 Å². The van der Waals surface area contributed by atoms with Crippen LogP contribution >= 0.6 is 15.6 Å². The van der Waals surface area contributed by atoms with Crippen LogP contribution in [0.15, 0.2) is 12.7 Å². The van der Waals surface area contributed by atoms with Gasteiger partial charge < -0.3 is 39.3 Å². The highest BCUT2D eigenvalue weighted by Crippen LogP contribution is 2.60. The van der Waals surface area contributed by atoms with Gasteiger partial charge in [-0.3, -0.25) is 23.6 Å². The number of rotatable bonds is 1. The molecule has 0 aliphatic carbocycles. The Morgan fingerprint density at radius 1 is 0.944 bits per heavy atom. The lowest BCUT2D eigenvalue weighted by molar-refractivity contribution is -0.0596. The molecular formula is C16H23N5O13P2. The molecule has 10 atom stereocenters. The number of hydrogen-bond acceptors (Lipinski definition) is 14. The van der Waals surface area contributed by atoms with Crippen LogP contribution in [0.25, 0.3) is 11.2 Å². The number of nitrogens with one attached hydrogen (secondary N) is 1. The minimum atomic E-state index is -5.24. The molecule has 0 saturated carbocycles. The molecule has 2 fully saturated rings. The van der Waals surface area contributed by atoms with E-state index in [2.05, 4.69) is 18.8 Å². The third kappa shape index (κ3) is 4.48. The molecule has 8 bridgehead atoms. The van der Waals surface area contributed by atoms with E-state index in [4.69, 9.17) is 24.1 Å². The molecule has 200 valence electrons. The van der Waals surface area contributed by atoms with E-state index in [-0.39, 0.29) is 16.7 Å². The molecule has 4 aliphatic rings. The van der Waals surface area contributed by atoms with Crippen molar-refractivity contribution in [2.75, 3.05) is 20.3 Å². The summed E-state index contributed by atoms with van der Waals surface area (Å²) in [6, 6.07) is 0. The second-order valence-electron chi connectivity index (χ2n) is 8.24. The van der Waals surface area contributed by atoms with Crippen molar-refractivity contribution in [2.45, 2.75) is 49.1 Å². The Bertz CT molecular complexity index is 1300. The van der Waals surface area contributed by atoms with E-state index in [0.717, 1.165) is 10.9 Å². The van der Waals surface area contributed by atoms with Gasteiger partial charge >= 0.3 is 15.6 Å². The SMILES string of the molecule is CO[C@@H]1[C@H](O)[C@H]2COP(=O)(O)OP(=O)(O)OC[C@H]3O[C@H]([C@H](O)[C@@H]3O)n3cnc4c(ncn4[C@@H]1O2)c3=N. The van der Waals surface area contributed by atoms with E-state index >= 15 is 0 Å². The van der Waals surface area contributed by atoms with Gasteiger partial charge in [0.2, 0.25) is 0 Å². The lowest BCUT2D eigenvalue weighted by Gasteiger charge is -2.21. The fraction of sp³-hybridized carbons (Fsp3) is 0.688. The molecule has 2 unspecified atom stereocenters. The van der Waals surface area contributed by atoms with Crippen molar-refractivity contribution in [2.24, 2.45) is 0 Å². The Balaban J connectivity index is 1.59. The molecule has 2 aromatic rings. The van der Waals surface area contributed by atoms with E-state index in [1.165, 1.54) is 18.0 Å². The summed E-state index contributed by atoms with van der Waals surface area (Å²) >= 11 is 0. The quantitative estimate of drug-likeness (QED) is 0.206. The van der Waals surface area contributed by atoms with E-state index in [0.29, 0.717) is 0 Å². The number of phosphoric acid groups is 2. The summed E-state index contributed by atoms with van der Waals surface area (Å²) in [6.45, 7) is -1.60. The van der Waals surface area contributed by atoms with Gasteiger partial charge in [-0.2, -0.15) is 4.31 Å². The van der Waals surface area contributed by atoms with Crippen LogP contribution in [0.3, 0.4) is 0 Å². The van der Waals surface area contributed by atoms with Gasteiger partial charge in [-0.15, -0.1) is 0 Å². The number of imidazole rings is 1. The van der Waals surface area contributed by atoms with Crippen LogP contribution in [-0.2, 0) is 36.7 Å². The molecule has 20 heteroatoms. The Hall–Kier alpha value is -1.63. The van der Waals surface area contributed by atoms with Crippen LogP contribution < -0.4 is 5.49 Å². The standard InChI is InChI=1S/C16H23N5O13P2/c1-29-12-10(23)7-3-31-36(27,28)34-35(25,26)30-2-6-9(22)11(24)15(32-6)20-5-19-14-8(13(20)17)18-4-21(14)16(12)33-7/h4-7,9-12,15-17,22-24H,2-3H2,1H3,(H,25,26)(H,27,28)/t6-,7-,9-,10-,11-,12-,15-,16-/m1/s1. The van der Waals surface area contributed by atoms with Gasteiger partial charge in [0.15, 0.2) is 29.1 Å². The number of aliphatic hydroxyl groups is 3. The molecule has 0 amide bonds. The number of phosphoric ester groups is 2. The third-order valence-corrected chi connectivity index (χ3v) is 8.64. The summed E-state index contributed by atoms with van der Waals surface area (Å²) in [5.41, 5.74) is -0.0738. The molecule has 2 saturated heterocycles. The Morgan fingerprint density at radius 2 is 1.53 bits per heavy atom. The predicted molar refractivity (Wildman–Crippen MR) is 111 cm³/mol. The molecule has 18 nitrogen and oxygen atoms in total. The first-order valence-electron chi connectivity index (χ1n) is 10.4. The fourth-order valence-corrected chi connectivity index (χ4v) is 6.36. The van der Waals surface area contributed by atoms with Gasteiger partial charge in [0, 0.05) is 7.11 Å². The van der Waals surface area contributed by atoms with Gasteiger partial charge in [0.05, 0.1) is 19.5 Å². The number of hydrogen-bond donors (Lipinski definition) is 6. The summed E-state index contributed by atoms with van der Waals surface area (Å²) in [5.74, 6) is 0. The number of fused-ring (bicyclic) bond motifs is 7.